The van der Waals surface area contributed by atoms with E-state index in [1.54, 1.807) is 0 Å². The summed E-state index contributed by atoms with van der Waals surface area (Å²) in [6.07, 6.45) is 4.76. The van der Waals surface area contributed by atoms with Crippen LogP contribution in [0, 0.1) is 5.92 Å². The second-order valence-electron chi connectivity index (χ2n) is 6.94. The molecule has 0 aromatic heterocycles. The molecule has 2 aromatic carbocycles. The third-order valence-corrected chi connectivity index (χ3v) is 5.21. The van der Waals surface area contributed by atoms with E-state index in [9.17, 15) is 0 Å². The Kier molecular flexibility index (Phi) is 4.70. The first-order valence-electron chi connectivity index (χ1n) is 9.15. The van der Waals surface area contributed by atoms with Gasteiger partial charge in [-0.15, -0.1) is 0 Å². The fourth-order valence-electron chi connectivity index (χ4n) is 3.88. The first kappa shape index (κ1) is 16.2. The van der Waals surface area contributed by atoms with Crippen molar-refractivity contribution in [3.05, 3.63) is 65.2 Å². The molecular weight excluding hydrogens is 310 g/mol. The van der Waals surface area contributed by atoms with Crippen molar-refractivity contribution in [2.45, 2.75) is 31.8 Å². The lowest BCUT2D eigenvalue weighted by Gasteiger charge is -2.17. The van der Waals surface area contributed by atoms with E-state index >= 15 is 0 Å². The standard InChI is InChI=1S/C21H25N3O/c22-21(24-19-10-9-15-7-4-8-17(15)13-19)23-14-18-11-12-25-20(18)16-5-2-1-3-6-16/h1-3,5-6,9-10,13,18,20H,4,7-8,11-12,14H2,(H3,22,23,24)/t18-,20-/m1/s1. The number of nitrogens with two attached hydrogens (primary N) is 1. The number of guanidine groups is 1. The smallest absolute Gasteiger partial charge is 0.193 e. The molecule has 2 aliphatic rings. The predicted octanol–water partition coefficient (Wildman–Crippen LogP) is 3.68. The zero-order valence-corrected chi connectivity index (χ0v) is 14.4. The minimum Gasteiger partial charge on any atom is -0.373 e. The Hall–Kier alpha value is -2.33. The van der Waals surface area contributed by atoms with E-state index in [0.29, 0.717) is 18.4 Å². The van der Waals surface area contributed by atoms with E-state index in [1.165, 1.54) is 36.0 Å². The number of nitrogens with zero attached hydrogens (tertiary/aromatic N) is 1. The Labute approximate surface area is 149 Å². The van der Waals surface area contributed by atoms with Crippen molar-refractivity contribution < 1.29 is 4.74 Å². The molecule has 25 heavy (non-hydrogen) atoms. The first-order valence-corrected chi connectivity index (χ1v) is 9.15. The summed E-state index contributed by atoms with van der Waals surface area (Å²) in [5.74, 6) is 0.861. The number of ether oxygens (including phenoxy) is 1. The van der Waals surface area contributed by atoms with E-state index in [2.05, 4.69) is 52.8 Å². The predicted molar refractivity (Wildman–Crippen MR) is 102 cm³/mol. The van der Waals surface area contributed by atoms with Crippen LogP contribution in [0.4, 0.5) is 5.69 Å². The normalized spacial score (nSPS) is 22.8. The molecule has 130 valence electrons. The minimum absolute atomic E-state index is 0.123. The number of aliphatic imine (C=N–C) groups is 1. The van der Waals surface area contributed by atoms with Crippen LogP contribution in [0.1, 0.15) is 35.6 Å². The largest absolute Gasteiger partial charge is 0.373 e. The van der Waals surface area contributed by atoms with Crippen LogP contribution in [0.2, 0.25) is 0 Å². The van der Waals surface area contributed by atoms with E-state index in [4.69, 9.17) is 10.5 Å². The number of fused-ring (bicyclic) bond motifs is 1. The van der Waals surface area contributed by atoms with Gasteiger partial charge in [-0.05, 0) is 54.5 Å². The summed E-state index contributed by atoms with van der Waals surface area (Å²) in [7, 11) is 0. The van der Waals surface area contributed by atoms with Crippen molar-refractivity contribution in [1.82, 2.24) is 0 Å². The number of hydrogen-bond acceptors (Lipinski definition) is 2. The molecule has 2 atom stereocenters. The maximum absolute atomic E-state index is 6.11. The van der Waals surface area contributed by atoms with Crippen LogP contribution in [0.5, 0.6) is 0 Å². The topological polar surface area (TPSA) is 59.6 Å². The highest BCUT2D eigenvalue weighted by Crippen LogP contribution is 2.34. The SMILES string of the molecule is NC(=NC[C@H]1CCO[C@@H]1c1ccccc1)Nc1ccc2c(c1)CCC2. The van der Waals surface area contributed by atoms with Gasteiger partial charge in [0.15, 0.2) is 5.96 Å². The van der Waals surface area contributed by atoms with Crippen molar-refractivity contribution in [3.63, 3.8) is 0 Å². The Bertz CT molecular complexity index is 757. The Morgan fingerprint density at radius 3 is 2.84 bits per heavy atom. The lowest BCUT2D eigenvalue weighted by molar-refractivity contribution is 0.0926. The van der Waals surface area contributed by atoms with Gasteiger partial charge in [0.1, 0.15) is 0 Å². The summed E-state index contributed by atoms with van der Waals surface area (Å²) in [6.45, 7) is 1.47. The van der Waals surface area contributed by atoms with Crippen molar-refractivity contribution in [2.24, 2.45) is 16.6 Å². The molecule has 0 unspecified atom stereocenters. The van der Waals surface area contributed by atoms with Crippen LogP contribution >= 0.6 is 0 Å². The zero-order chi connectivity index (χ0) is 17.1. The average molecular weight is 335 g/mol. The monoisotopic (exact) mass is 335 g/mol. The number of nitrogens with one attached hydrogen (secondary N) is 1. The van der Waals surface area contributed by atoms with Gasteiger partial charge >= 0.3 is 0 Å². The van der Waals surface area contributed by atoms with Gasteiger partial charge in [0.2, 0.25) is 0 Å². The van der Waals surface area contributed by atoms with Gasteiger partial charge in [0.25, 0.3) is 0 Å². The van der Waals surface area contributed by atoms with Crippen molar-refractivity contribution in [3.8, 4) is 0 Å². The summed E-state index contributed by atoms with van der Waals surface area (Å²) in [5, 5.41) is 3.24. The highest BCUT2D eigenvalue weighted by atomic mass is 16.5. The average Bonchev–Trinajstić information content (AvgIpc) is 3.29. The van der Waals surface area contributed by atoms with Gasteiger partial charge in [0.05, 0.1) is 6.10 Å². The van der Waals surface area contributed by atoms with E-state index in [0.717, 1.165) is 18.7 Å². The van der Waals surface area contributed by atoms with E-state index in [-0.39, 0.29) is 6.10 Å². The molecule has 1 aliphatic heterocycles. The van der Waals surface area contributed by atoms with Crippen molar-refractivity contribution in [1.29, 1.82) is 0 Å². The first-order chi connectivity index (χ1) is 12.3. The van der Waals surface area contributed by atoms with Crippen molar-refractivity contribution >= 4 is 11.6 Å². The van der Waals surface area contributed by atoms with E-state index in [1.807, 2.05) is 6.07 Å². The molecule has 1 heterocycles. The molecule has 0 spiro atoms. The van der Waals surface area contributed by atoms with Crippen LogP contribution < -0.4 is 11.1 Å². The summed E-state index contributed by atoms with van der Waals surface area (Å²) in [5.41, 5.74) is 11.3. The van der Waals surface area contributed by atoms with Gasteiger partial charge in [-0.2, -0.15) is 0 Å². The number of anilines is 1. The second kappa shape index (κ2) is 7.28. The van der Waals surface area contributed by atoms with Gasteiger partial charge in [-0.25, -0.2) is 0 Å². The molecule has 0 bridgehead atoms. The fourth-order valence-corrected chi connectivity index (χ4v) is 3.88. The Morgan fingerprint density at radius 2 is 1.96 bits per heavy atom. The van der Waals surface area contributed by atoms with Gasteiger partial charge < -0.3 is 15.8 Å². The second-order valence-corrected chi connectivity index (χ2v) is 6.94. The maximum atomic E-state index is 6.11. The van der Waals surface area contributed by atoms with E-state index < -0.39 is 0 Å². The summed E-state index contributed by atoms with van der Waals surface area (Å²) >= 11 is 0. The third kappa shape index (κ3) is 3.69. The molecule has 2 aromatic rings. The number of aryl methyl sites for hydroxylation is 2. The lowest BCUT2D eigenvalue weighted by Crippen LogP contribution is -2.24. The van der Waals surface area contributed by atoms with Crippen LogP contribution in [0.15, 0.2) is 53.5 Å². The maximum Gasteiger partial charge on any atom is 0.193 e. The molecular formula is C21H25N3O. The highest BCUT2D eigenvalue weighted by molar-refractivity contribution is 5.92. The van der Waals surface area contributed by atoms with Crippen LogP contribution in [0.25, 0.3) is 0 Å². The summed E-state index contributed by atoms with van der Waals surface area (Å²) in [4.78, 5) is 4.57. The Balaban J connectivity index is 1.39. The molecule has 1 aliphatic carbocycles. The minimum atomic E-state index is 0.123. The third-order valence-electron chi connectivity index (χ3n) is 5.21. The molecule has 1 fully saturated rings. The van der Waals surface area contributed by atoms with Gasteiger partial charge in [-0.1, -0.05) is 36.4 Å². The van der Waals surface area contributed by atoms with Gasteiger partial charge in [0, 0.05) is 24.8 Å². The number of hydrogen-bond donors (Lipinski definition) is 2. The molecule has 1 saturated heterocycles. The molecule has 4 rings (SSSR count). The molecule has 0 saturated carbocycles. The molecule has 0 amide bonds. The number of benzene rings is 2. The van der Waals surface area contributed by atoms with Crippen LogP contribution in [0.3, 0.4) is 0 Å². The van der Waals surface area contributed by atoms with Crippen LogP contribution in [-0.2, 0) is 17.6 Å². The molecule has 4 nitrogen and oxygen atoms in total. The molecule has 4 heteroatoms. The lowest BCUT2D eigenvalue weighted by atomic mass is 9.95. The Morgan fingerprint density at radius 1 is 1.12 bits per heavy atom. The fraction of sp³-hybridized carbons (Fsp3) is 0.381. The quantitative estimate of drug-likeness (QED) is 0.662. The number of rotatable bonds is 4. The van der Waals surface area contributed by atoms with Crippen LogP contribution in [-0.4, -0.2) is 19.1 Å². The zero-order valence-electron chi connectivity index (χ0n) is 14.4. The highest BCUT2D eigenvalue weighted by Gasteiger charge is 2.29. The summed E-state index contributed by atoms with van der Waals surface area (Å²) in [6, 6.07) is 16.9. The van der Waals surface area contributed by atoms with Crippen molar-refractivity contribution in [2.75, 3.05) is 18.5 Å². The molecule has 3 N–H and O–H groups in total. The molecule has 0 radical (unpaired) electrons. The summed E-state index contributed by atoms with van der Waals surface area (Å²) < 4.78 is 5.92. The van der Waals surface area contributed by atoms with Gasteiger partial charge in [-0.3, -0.25) is 4.99 Å².